The number of nitrogens with two attached hydrogens (primary N) is 1. The molecule has 2 heterocycles. The summed E-state index contributed by atoms with van der Waals surface area (Å²) in [7, 11) is 0. The van der Waals surface area contributed by atoms with Gasteiger partial charge in [0.05, 0.1) is 0 Å². The number of aromatic nitrogens is 3. The minimum Gasteiger partial charge on any atom is -0.382 e. The lowest BCUT2D eigenvalue weighted by Gasteiger charge is -2.01. The van der Waals surface area contributed by atoms with Crippen LogP contribution in [0.1, 0.15) is 25.3 Å². The van der Waals surface area contributed by atoms with Crippen molar-refractivity contribution in [3.05, 3.63) is 24.0 Å². The maximum absolute atomic E-state index is 5.78. The summed E-state index contributed by atoms with van der Waals surface area (Å²) in [5.41, 5.74) is 7.67. The average Bonchev–Trinajstić information content (AvgIpc) is 2.39. The van der Waals surface area contributed by atoms with Crippen molar-refractivity contribution >= 4 is 11.5 Å². The second-order valence-corrected chi connectivity index (χ2v) is 3.34. The zero-order valence-electron chi connectivity index (χ0n) is 7.73. The van der Waals surface area contributed by atoms with Gasteiger partial charge < -0.3 is 5.73 Å². The average molecular weight is 176 g/mol. The number of hydrogen-bond donors (Lipinski definition) is 1. The van der Waals surface area contributed by atoms with Gasteiger partial charge in [-0.3, -0.25) is 0 Å². The van der Waals surface area contributed by atoms with E-state index in [1.54, 1.807) is 10.7 Å². The van der Waals surface area contributed by atoms with Gasteiger partial charge in [-0.25, -0.2) is 9.50 Å². The van der Waals surface area contributed by atoms with Crippen LogP contribution in [0.3, 0.4) is 0 Å². The van der Waals surface area contributed by atoms with Crippen molar-refractivity contribution in [2.45, 2.75) is 19.8 Å². The monoisotopic (exact) mass is 176 g/mol. The Morgan fingerprint density at radius 1 is 1.46 bits per heavy atom. The molecule has 0 aliphatic heterocycles. The topological polar surface area (TPSA) is 56.2 Å². The van der Waals surface area contributed by atoms with E-state index in [0.717, 1.165) is 11.2 Å². The van der Waals surface area contributed by atoms with Gasteiger partial charge in [-0.15, -0.1) is 5.10 Å². The summed E-state index contributed by atoms with van der Waals surface area (Å²) in [6, 6.07) is 1.84. The predicted molar refractivity (Wildman–Crippen MR) is 51.5 cm³/mol. The lowest BCUT2D eigenvalue weighted by Crippen LogP contribution is -1.93. The molecule has 0 radical (unpaired) electrons. The number of rotatable bonds is 1. The molecule has 0 atom stereocenters. The highest BCUT2D eigenvalue weighted by atomic mass is 15.3. The lowest BCUT2D eigenvalue weighted by molar-refractivity contribution is 0.874. The van der Waals surface area contributed by atoms with Crippen molar-refractivity contribution in [2.75, 3.05) is 5.73 Å². The van der Waals surface area contributed by atoms with Crippen molar-refractivity contribution in [1.82, 2.24) is 14.6 Å². The van der Waals surface area contributed by atoms with Crippen LogP contribution < -0.4 is 5.73 Å². The molecule has 0 amide bonds. The number of hydrogen-bond acceptors (Lipinski definition) is 3. The number of fused-ring (bicyclic) bond motifs is 1. The fourth-order valence-electron chi connectivity index (χ4n) is 1.48. The zero-order chi connectivity index (χ0) is 9.42. The molecule has 2 aromatic rings. The van der Waals surface area contributed by atoms with Crippen LogP contribution in [0.5, 0.6) is 0 Å². The molecule has 0 saturated carbocycles. The zero-order valence-corrected chi connectivity index (χ0v) is 7.73. The second-order valence-electron chi connectivity index (χ2n) is 3.34. The van der Waals surface area contributed by atoms with Crippen molar-refractivity contribution in [2.24, 2.45) is 0 Å². The van der Waals surface area contributed by atoms with E-state index in [2.05, 4.69) is 23.9 Å². The van der Waals surface area contributed by atoms with Crippen LogP contribution in [0.15, 0.2) is 18.5 Å². The largest absolute Gasteiger partial charge is 0.382 e. The van der Waals surface area contributed by atoms with Gasteiger partial charge in [0.15, 0.2) is 11.5 Å². The molecule has 0 unspecified atom stereocenters. The minimum absolute atomic E-state index is 0.354. The SMILES string of the molecule is CC(C)c1c(N)nn2cccnc12. The molecular weight excluding hydrogens is 164 g/mol. The molecule has 0 bridgehead atoms. The third-order valence-corrected chi connectivity index (χ3v) is 2.04. The maximum atomic E-state index is 5.78. The number of nitrogen functional groups attached to an aromatic ring is 1. The Balaban J connectivity index is 2.78. The Labute approximate surface area is 76.4 Å². The van der Waals surface area contributed by atoms with Crippen LogP contribution >= 0.6 is 0 Å². The Kier molecular flexibility index (Phi) is 1.69. The van der Waals surface area contributed by atoms with Crippen LogP contribution in [0.25, 0.3) is 5.65 Å². The van der Waals surface area contributed by atoms with E-state index in [-0.39, 0.29) is 0 Å². The van der Waals surface area contributed by atoms with Gasteiger partial charge in [-0.2, -0.15) is 0 Å². The summed E-state index contributed by atoms with van der Waals surface area (Å²) in [5, 5.41) is 4.17. The fraction of sp³-hybridized carbons (Fsp3) is 0.333. The van der Waals surface area contributed by atoms with Gasteiger partial charge in [0.25, 0.3) is 0 Å². The van der Waals surface area contributed by atoms with Gasteiger partial charge in [0.1, 0.15) is 0 Å². The van der Waals surface area contributed by atoms with E-state index in [9.17, 15) is 0 Å². The Morgan fingerprint density at radius 3 is 2.92 bits per heavy atom. The molecule has 0 aromatic carbocycles. The van der Waals surface area contributed by atoms with E-state index in [4.69, 9.17) is 5.73 Å². The standard InChI is InChI=1S/C9H12N4/c1-6(2)7-8(10)12-13-5-3-4-11-9(7)13/h3-6H,1-2H3,(H2,10,12). The van der Waals surface area contributed by atoms with Crippen molar-refractivity contribution < 1.29 is 0 Å². The van der Waals surface area contributed by atoms with Crippen molar-refractivity contribution in [1.29, 1.82) is 0 Å². The van der Waals surface area contributed by atoms with Crippen molar-refractivity contribution in [3.63, 3.8) is 0 Å². The molecule has 4 heteroatoms. The molecule has 0 aliphatic rings. The Hall–Kier alpha value is -1.58. The molecule has 2 N–H and O–H groups in total. The van der Waals surface area contributed by atoms with E-state index in [1.807, 2.05) is 12.3 Å². The van der Waals surface area contributed by atoms with Crippen LogP contribution in [0.2, 0.25) is 0 Å². The van der Waals surface area contributed by atoms with Crippen LogP contribution in [0, 0.1) is 0 Å². The van der Waals surface area contributed by atoms with E-state index in [0.29, 0.717) is 11.7 Å². The third kappa shape index (κ3) is 1.14. The summed E-state index contributed by atoms with van der Waals surface area (Å²) in [4.78, 5) is 4.24. The van der Waals surface area contributed by atoms with Gasteiger partial charge in [-0.1, -0.05) is 13.8 Å². The number of anilines is 1. The normalized spacial score (nSPS) is 11.3. The molecule has 0 aliphatic carbocycles. The molecule has 4 nitrogen and oxygen atoms in total. The summed E-state index contributed by atoms with van der Waals surface area (Å²) in [5.74, 6) is 0.932. The van der Waals surface area contributed by atoms with Gasteiger partial charge in [0, 0.05) is 18.0 Å². The first-order chi connectivity index (χ1) is 6.20. The van der Waals surface area contributed by atoms with Gasteiger partial charge >= 0.3 is 0 Å². The highest BCUT2D eigenvalue weighted by Gasteiger charge is 2.13. The molecule has 2 rings (SSSR count). The fourth-order valence-corrected chi connectivity index (χ4v) is 1.48. The molecule has 68 valence electrons. The van der Waals surface area contributed by atoms with Gasteiger partial charge in [0.2, 0.25) is 0 Å². The summed E-state index contributed by atoms with van der Waals surface area (Å²) < 4.78 is 1.71. The van der Waals surface area contributed by atoms with Gasteiger partial charge in [-0.05, 0) is 12.0 Å². The molecular formula is C9H12N4. The highest BCUT2D eigenvalue weighted by Crippen LogP contribution is 2.24. The highest BCUT2D eigenvalue weighted by molar-refractivity contribution is 5.60. The Morgan fingerprint density at radius 2 is 2.23 bits per heavy atom. The first kappa shape index (κ1) is 8.04. The van der Waals surface area contributed by atoms with E-state index in [1.165, 1.54) is 0 Å². The molecule has 0 spiro atoms. The predicted octanol–water partition coefficient (Wildman–Crippen LogP) is 1.43. The van der Waals surface area contributed by atoms with Crippen LogP contribution in [0.4, 0.5) is 5.82 Å². The molecule has 13 heavy (non-hydrogen) atoms. The van der Waals surface area contributed by atoms with E-state index >= 15 is 0 Å². The summed E-state index contributed by atoms with van der Waals surface area (Å²) in [6.07, 6.45) is 3.60. The van der Waals surface area contributed by atoms with Crippen LogP contribution in [-0.2, 0) is 0 Å². The molecule has 0 fully saturated rings. The smallest absolute Gasteiger partial charge is 0.160 e. The molecule has 0 saturated heterocycles. The maximum Gasteiger partial charge on any atom is 0.160 e. The molecule has 2 aromatic heterocycles. The number of nitrogens with zero attached hydrogens (tertiary/aromatic N) is 3. The van der Waals surface area contributed by atoms with E-state index < -0.39 is 0 Å². The lowest BCUT2D eigenvalue weighted by atomic mass is 10.1. The summed E-state index contributed by atoms with van der Waals surface area (Å²) in [6.45, 7) is 4.17. The van der Waals surface area contributed by atoms with Crippen molar-refractivity contribution in [3.8, 4) is 0 Å². The summed E-state index contributed by atoms with van der Waals surface area (Å²) >= 11 is 0. The second kappa shape index (κ2) is 2.73. The van der Waals surface area contributed by atoms with Crippen LogP contribution in [-0.4, -0.2) is 14.6 Å². The third-order valence-electron chi connectivity index (χ3n) is 2.04. The first-order valence-corrected chi connectivity index (χ1v) is 4.29. The minimum atomic E-state index is 0.354. The Bertz CT molecular complexity index is 430. The quantitative estimate of drug-likeness (QED) is 0.715. The first-order valence-electron chi connectivity index (χ1n) is 4.29.